The summed E-state index contributed by atoms with van der Waals surface area (Å²) in [6, 6.07) is 7.45. The number of furan rings is 1. The van der Waals surface area contributed by atoms with Gasteiger partial charge in [0.15, 0.2) is 0 Å². The maximum Gasteiger partial charge on any atom is 0.243 e. The van der Waals surface area contributed by atoms with Crippen LogP contribution in [0.1, 0.15) is 24.5 Å². The van der Waals surface area contributed by atoms with E-state index in [0.29, 0.717) is 11.5 Å². The first-order valence-electron chi connectivity index (χ1n) is 6.35. The van der Waals surface area contributed by atoms with Crippen LogP contribution in [0.4, 0.5) is 5.69 Å². The summed E-state index contributed by atoms with van der Waals surface area (Å²) < 4.78 is 37.7. The summed E-state index contributed by atoms with van der Waals surface area (Å²) >= 11 is 0. The zero-order chi connectivity index (χ0) is 15.6. The van der Waals surface area contributed by atoms with E-state index in [0.717, 1.165) is 5.76 Å². The predicted octanol–water partition coefficient (Wildman–Crippen LogP) is 2.22. The molecule has 6 nitrogen and oxygen atoms in total. The first-order chi connectivity index (χ1) is 9.83. The molecule has 0 amide bonds. The summed E-state index contributed by atoms with van der Waals surface area (Å²) in [4.78, 5) is 0.0124. The summed E-state index contributed by atoms with van der Waals surface area (Å²) in [6.07, 6.45) is 0. The summed E-state index contributed by atoms with van der Waals surface area (Å²) in [7, 11) is -2.26. The third kappa shape index (κ3) is 3.37. The number of ether oxygens (including phenoxy) is 1. The molecule has 114 valence electrons. The molecule has 0 spiro atoms. The standard InChI is InChI=1S/C14H18N2O4S/c1-9-4-6-13(20-9)10(2)16-21(17,18)14-7-5-11(19-3)8-12(14)15/h4-8,10,16H,15H2,1-3H3. The fourth-order valence-corrected chi connectivity index (χ4v) is 3.26. The highest BCUT2D eigenvalue weighted by molar-refractivity contribution is 7.89. The lowest BCUT2D eigenvalue weighted by Gasteiger charge is -2.14. The molecule has 0 aliphatic heterocycles. The molecule has 1 aromatic carbocycles. The van der Waals surface area contributed by atoms with Crippen LogP contribution < -0.4 is 15.2 Å². The number of sulfonamides is 1. The Balaban J connectivity index is 2.26. The van der Waals surface area contributed by atoms with Gasteiger partial charge in [-0.2, -0.15) is 0 Å². The molecule has 0 saturated carbocycles. The van der Waals surface area contributed by atoms with Crippen LogP contribution in [0.3, 0.4) is 0 Å². The van der Waals surface area contributed by atoms with Crippen molar-refractivity contribution in [2.24, 2.45) is 0 Å². The Kier molecular flexibility index (Phi) is 4.24. The predicted molar refractivity (Wildman–Crippen MR) is 79.6 cm³/mol. The highest BCUT2D eigenvalue weighted by atomic mass is 32.2. The fraction of sp³-hybridized carbons (Fsp3) is 0.286. The molecule has 1 aromatic heterocycles. The average molecular weight is 310 g/mol. The summed E-state index contributed by atoms with van der Waals surface area (Å²) in [5.74, 6) is 1.77. The van der Waals surface area contributed by atoms with E-state index >= 15 is 0 Å². The van der Waals surface area contributed by atoms with Crippen LogP contribution >= 0.6 is 0 Å². The molecule has 2 aromatic rings. The Hall–Kier alpha value is -1.99. The van der Waals surface area contributed by atoms with Gasteiger partial charge in [0.1, 0.15) is 22.2 Å². The number of rotatable bonds is 5. The van der Waals surface area contributed by atoms with Crippen molar-refractivity contribution in [3.63, 3.8) is 0 Å². The molecule has 0 aliphatic carbocycles. The molecular formula is C14H18N2O4S. The molecule has 1 unspecified atom stereocenters. The van der Waals surface area contributed by atoms with E-state index in [9.17, 15) is 8.42 Å². The molecule has 0 bridgehead atoms. The summed E-state index contributed by atoms with van der Waals surface area (Å²) in [5, 5.41) is 0. The van der Waals surface area contributed by atoms with Crippen LogP contribution in [0.25, 0.3) is 0 Å². The number of methoxy groups -OCH3 is 1. The molecule has 0 radical (unpaired) electrons. The van der Waals surface area contributed by atoms with Gasteiger partial charge in [0.25, 0.3) is 0 Å². The molecule has 3 N–H and O–H groups in total. The summed E-state index contributed by atoms with van der Waals surface area (Å²) in [5.41, 5.74) is 5.91. The van der Waals surface area contributed by atoms with Gasteiger partial charge in [-0.3, -0.25) is 0 Å². The maximum absolute atomic E-state index is 12.4. The van der Waals surface area contributed by atoms with Crippen LogP contribution in [0.2, 0.25) is 0 Å². The van der Waals surface area contributed by atoms with Gasteiger partial charge in [-0.15, -0.1) is 0 Å². The smallest absolute Gasteiger partial charge is 0.243 e. The van der Waals surface area contributed by atoms with E-state index in [4.69, 9.17) is 14.9 Å². The lowest BCUT2D eigenvalue weighted by Crippen LogP contribution is -2.27. The van der Waals surface area contributed by atoms with Crippen LogP contribution in [0.15, 0.2) is 39.6 Å². The maximum atomic E-state index is 12.4. The van der Waals surface area contributed by atoms with Crippen molar-refractivity contribution in [1.29, 1.82) is 0 Å². The zero-order valence-corrected chi connectivity index (χ0v) is 12.9. The van der Waals surface area contributed by atoms with E-state index in [1.807, 2.05) is 0 Å². The van der Waals surface area contributed by atoms with Gasteiger partial charge in [-0.05, 0) is 38.1 Å². The molecule has 2 rings (SSSR count). The molecule has 1 heterocycles. The summed E-state index contributed by atoms with van der Waals surface area (Å²) in [6.45, 7) is 3.50. The minimum absolute atomic E-state index is 0.0124. The van der Waals surface area contributed by atoms with Crippen molar-refractivity contribution in [3.05, 3.63) is 41.9 Å². The van der Waals surface area contributed by atoms with E-state index < -0.39 is 16.1 Å². The van der Waals surface area contributed by atoms with Crippen molar-refractivity contribution >= 4 is 15.7 Å². The Bertz CT molecular complexity index is 737. The fourth-order valence-electron chi connectivity index (χ4n) is 1.94. The molecule has 0 saturated heterocycles. The highest BCUT2D eigenvalue weighted by Crippen LogP contribution is 2.25. The van der Waals surface area contributed by atoms with E-state index in [1.165, 1.54) is 19.2 Å². The third-order valence-electron chi connectivity index (χ3n) is 3.03. The first-order valence-corrected chi connectivity index (χ1v) is 7.84. The molecular weight excluding hydrogens is 292 g/mol. The zero-order valence-electron chi connectivity index (χ0n) is 12.1. The van der Waals surface area contributed by atoms with Gasteiger partial charge in [-0.1, -0.05) is 0 Å². The topological polar surface area (TPSA) is 94.6 Å². The minimum atomic E-state index is -3.74. The molecule has 0 fully saturated rings. The number of hydrogen-bond acceptors (Lipinski definition) is 5. The number of nitrogens with one attached hydrogen (secondary N) is 1. The molecule has 0 aliphatic rings. The van der Waals surface area contributed by atoms with Crippen molar-refractivity contribution in [2.75, 3.05) is 12.8 Å². The quantitative estimate of drug-likeness (QED) is 0.826. The average Bonchev–Trinajstić information content (AvgIpc) is 2.84. The largest absolute Gasteiger partial charge is 0.497 e. The van der Waals surface area contributed by atoms with Crippen LogP contribution in [-0.4, -0.2) is 15.5 Å². The van der Waals surface area contributed by atoms with Crippen molar-refractivity contribution in [2.45, 2.75) is 24.8 Å². The lowest BCUT2D eigenvalue weighted by atomic mass is 10.3. The van der Waals surface area contributed by atoms with E-state index in [2.05, 4.69) is 4.72 Å². The normalized spacial score (nSPS) is 13.1. The van der Waals surface area contributed by atoms with Gasteiger partial charge >= 0.3 is 0 Å². The van der Waals surface area contributed by atoms with Crippen LogP contribution in [0, 0.1) is 6.92 Å². The molecule has 1 atom stereocenters. The van der Waals surface area contributed by atoms with Crippen molar-refractivity contribution in [1.82, 2.24) is 4.72 Å². The second-order valence-electron chi connectivity index (χ2n) is 4.70. The number of nitrogens with two attached hydrogens (primary N) is 1. The Morgan fingerprint density at radius 3 is 2.52 bits per heavy atom. The van der Waals surface area contributed by atoms with E-state index in [-0.39, 0.29) is 10.6 Å². The highest BCUT2D eigenvalue weighted by Gasteiger charge is 2.22. The first kappa shape index (κ1) is 15.4. The molecule has 7 heteroatoms. The second-order valence-corrected chi connectivity index (χ2v) is 6.38. The van der Waals surface area contributed by atoms with Crippen LogP contribution in [-0.2, 0) is 10.0 Å². The SMILES string of the molecule is COc1ccc(S(=O)(=O)NC(C)c2ccc(C)o2)c(N)c1. The second kappa shape index (κ2) is 5.79. The number of anilines is 1. The Morgan fingerprint density at radius 2 is 2.00 bits per heavy atom. The number of hydrogen-bond donors (Lipinski definition) is 2. The Labute approximate surface area is 124 Å². The number of benzene rings is 1. The lowest BCUT2D eigenvalue weighted by molar-refractivity contribution is 0.414. The Morgan fingerprint density at radius 1 is 1.29 bits per heavy atom. The monoisotopic (exact) mass is 310 g/mol. The third-order valence-corrected chi connectivity index (χ3v) is 4.64. The van der Waals surface area contributed by atoms with Gasteiger partial charge < -0.3 is 14.9 Å². The minimum Gasteiger partial charge on any atom is -0.497 e. The van der Waals surface area contributed by atoms with Gasteiger partial charge in [0.05, 0.1) is 18.8 Å². The van der Waals surface area contributed by atoms with Crippen LogP contribution in [0.5, 0.6) is 5.75 Å². The van der Waals surface area contributed by atoms with E-state index in [1.54, 1.807) is 32.0 Å². The number of nitrogen functional groups attached to an aromatic ring is 1. The number of aryl methyl sites for hydroxylation is 1. The molecule has 21 heavy (non-hydrogen) atoms. The van der Waals surface area contributed by atoms with Gasteiger partial charge in [0, 0.05) is 6.07 Å². The van der Waals surface area contributed by atoms with Crippen molar-refractivity contribution < 1.29 is 17.6 Å². The van der Waals surface area contributed by atoms with Gasteiger partial charge in [-0.25, -0.2) is 13.1 Å². The van der Waals surface area contributed by atoms with Gasteiger partial charge in [0.2, 0.25) is 10.0 Å². The van der Waals surface area contributed by atoms with Crippen molar-refractivity contribution in [3.8, 4) is 5.75 Å².